The lowest BCUT2D eigenvalue weighted by Gasteiger charge is -2.28. The maximum atomic E-state index is 6.10. The number of ether oxygens (including phenoxy) is 2. The van der Waals surface area contributed by atoms with Crippen LogP contribution < -0.4 is 0 Å². The highest BCUT2D eigenvalue weighted by Gasteiger charge is 2.39. The minimum atomic E-state index is -0.530. The van der Waals surface area contributed by atoms with Gasteiger partial charge in [-0.3, -0.25) is 0 Å². The fourth-order valence-corrected chi connectivity index (χ4v) is 2.86. The van der Waals surface area contributed by atoms with Crippen LogP contribution in [0.25, 0.3) is 0 Å². The highest BCUT2D eigenvalue weighted by molar-refractivity contribution is 6.30. The first-order chi connectivity index (χ1) is 10.2. The molecule has 3 rings (SSSR count). The third-order valence-electron chi connectivity index (χ3n) is 3.79. The smallest absolute Gasteiger partial charge is 0.187 e. The van der Waals surface area contributed by atoms with Crippen molar-refractivity contribution in [2.75, 3.05) is 6.61 Å². The summed E-state index contributed by atoms with van der Waals surface area (Å²) < 4.78 is 14.2. The van der Waals surface area contributed by atoms with E-state index in [1.165, 1.54) is 5.56 Å². The van der Waals surface area contributed by atoms with Crippen LogP contribution in [0.2, 0.25) is 5.02 Å². The summed E-state index contributed by atoms with van der Waals surface area (Å²) in [6, 6.07) is 12.0. The summed E-state index contributed by atoms with van der Waals surface area (Å²) in [5, 5.41) is 0.766. The van der Waals surface area contributed by atoms with Crippen molar-refractivity contribution in [2.45, 2.75) is 38.2 Å². The fourth-order valence-electron chi connectivity index (χ4n) is 2.74. The first-order valence-corrected chi connectivity index (χ1v) is 7.70. The molecule has 1 aliphatic heterocycles. The Morgan fingerprint density at radius 2 is 1.95 bits per heavy atom. The van der Waals surface area contributed by atoms with Crippen LogP contribution in [0.4, 0.5) is 0 Å². The molecule has 0 unspecified atom stereocenters. The van der Waals surface area contributed by atoms with Crippen molar-refractivity contribution in [1.29, 1.82) is 0 Å². The molecule has 0 amide bonds. The molecule has 1 saturated heterocycles. The van der Waals surface area contributed by atoms with Crippen LogP contribution in [-0.2, 0) is 22.4 Å². The first kappa shape index (κ1) is 14.6. The number of halogens is 1. The Balaban J connectivity index is 1.69. The van der Waals surface area contributed by atoms with E-state index in [0.29, 0.717) is 6.61 Å². The van der Waals surface area contributed by atoms with Gasteiger partial charge in [0.2, 0.25) is 0 Å². The number of hydrogen-bond acceptors (Lipinski definition) is 2. The lowest BCUT2D eigenvalue weighted by atomic mass is 10.0. The molecule has 0 aliphatic carbocycles. The zero-order valence-corrected chi connectivity index (χ0v) is 12.9. The maximum absolute atomic E-state index is 6.10. The van der Waals surface area contributed by atoms with Crippen LogP contribution in [0.1, 0.15) is 18.9 Å². The second kappa shape index (κ2) is 6.22. The normalized spacial score (nSPS) is 25.3. The van der Waals surface area contributed by atoms with Crippen molar-refractivity contribution in [2.24, 2.45) is 0 Å². The van der Waals surface area contributed by atoms with Gasteiger partial charge in [-0.05, 0) is 43.2 Å². The SMILES string of the molecule is C[C@@H]1CO[C@](CCc2ccc(Cl)cc2)(Cn2cccc2)O1. The average Bonchev–Trinajstić information content (AvgIpc) is 3.09. The molecule has 1 aliphatic rings. The molecule has 112 valence electrons. The second-order valence-corrected chi connectivity index (χ2v) is 6.07. The van der Waals surface area contributed by atoms with E-state index in [-0.39, 0.29) is 6.10 Å². The van der Waals surface area contributed by atoms with Gasteiger partial charge in [0.25, 0.3) is 0 Å². The molecule has 4 heteroatoms. The van der Waals surface area contributed by atoms with Crippen LogP contribution in [0.5, 0.6) is 0 Å². The van der Waals surface area contributed by atoms with Gasteiger partial charge in [0.15, 0.2) is 5.79 Å². The molecule has 2 heterocycles. The van der Waals surface area contributed by atoms with Crippen molar-refractivity contribution in [3.05, 3.63) is 59.4 Å². The van der Waals surface area contributed by atoms with Gasteiger partial charge in [-0.25, -0.2) is 0 Å². The molecule has 0 N–H and O–H groups in total. The lowest BCUT2D eigenvalue weighted by molar-refractivity contribution is -0.180. The minimum absolute atomic E-state index is 0.144. The molecule has 1 aromatic carbocycles. The zero-order chi connectivity index (χ0) is 14.7. The Morgan fingerprint density at radius 1 is 1.24 bits per heavy atom. The van der Waals surface area contributed by atoms with Crippen LogP contribution in [0.3, 0.4) is 0 Å². The lowest BCUT2D eigenvalue weighted by Crippen LogP contribution is -2.36. The van der Waals surface area contributed by atoms with Crippen molar-refractivity contribution in [3.8, 4) is 0 Å². The van der Waals surface area contributed by atoms with E-state index in [0.717, 1.165) is 24.4 Å². The quantitative estimate of drug-likeness (QED) is 0.836. The first-order valence-electron chi connectivity index (χ1n) is 7.32. The van der Waals surface area contributed by atoms with E-state index in [9.17, 15) is 0 Å². The number of aryl methyl sites for hydroxylation is 1. The van der Waals surface area contributed by atoms with Gasteiger partial charge in [0.1, 0.15) is 0 Å². The van der Waals surface area contributed by atoms with Gasteiger partial charge in [-0.1, -0.05) is 23.7 Å². The fraction of sp³-hybridized carbons (Fsp3) is 0.412. The molecule has 1 fully saturated rings. The van der Waals surface area contributed by atoms with Crippen LogP contribution in [0.15, 0.2) is 48.8 Å². The van der Waals surface area contributed by atoms with Crippen molar-refractivity contribution in [1.82, 2.24) is 4.57 Å². The highest BCUT2D eigenvalue weighted by atomic mass is 35.5. The largest absolute Gasteiger partial charge is 0.349 e. The number of nitrogens with zero attached hydrogens (tertiary/aromatic N) is 1. The average molecular weight is 306 g/mol. The molecule has 0 radical (unpaired) electrons. The molecule has 2 atom stereocenters. The third-order valence-corrected chi connectivity index (χ3v) is 4.05. The Kier molecular flexibility index (Phi) is 4.34. The predicted molar refractivity (Wildman–Crippen MR) is 83.4 cm³/mol. The van der Waals surface area contributed by atoms with Gasteiger partial charge in [-0.15, -0.1) is 0 Å². The summed E-state index contributed by atoms with van der Waals surface area (Å²) in [6.45, 7) is 3.43. The van der Waals surface area contributed by atoms with E-state index in [4.69, 9.17) is 21.1 Å². The predicted octanol–water partition coefficient (Wildman–Crippen LogP) is 3.91. The maximum Gasteiger partial charge on any atom is 0.187 e. The molecule has 0 spiro atoms. The number of hydrogen-bond donors (Lipinski definition) is 0. The molecule has 21 heavy (non-hydrogen) atoms. The van der Waals surface area contributed by atoms with Gasteiger partial charge in [0.05, 0.1) is 19.3 Å². The standard InChI is InChI=1S/C17H20ClNO2/c1-14-12-20-17(21-14,13-19-10-2-3-11-19)9-8-15-4-6-16(18)7-5-15/h2-7,10-11,14H,8-9,12-13H2,1H3/t14-,17+/m1/s1. The minimum Gasteiger partial charge on any atom is -0.349 e. The molecule has 1 aromatic heterocycles. The Morgan fingerprint density at radius 3 is 2.57 bits per heavy atom. The molecule has 2 aromatic rings. The summed E-state index contributed by atoms with van der Waals surface area (Å²) in [6.07, 6.45) is 5.97. The van der Waals surface area contributed by atoms with E-state index in [1.54, 1.807) is 0 Å². The summed E-state index contributed by atoms with van der Waals surface area (Å²) in [4.78, 5) is 0. The molecule has 3 nitrogen and oxygen atoms in total. The number of rotatable bonds is 5. The molecular formula is C17H20ClNO2. The van der Waals surface area contributed by atoms with Gasteiger partial charge in [0, 0.05) is 23.8 Å². The summed E-state index contributed by atoms with van der Waals surface area (Å²) in [7, 11) is 0. The van der Waals surface area contributed by atoms with Crippen LogP contribution in [-0.4, -0.2) is 23.1 Å². The van der Waals surface area contributed by atoms with Crippen LogP contribution in [0, 0.1) is 0 Å². The summed E-state index contributed by atoms with van der Waals surface area (Å²) >= 11 is 5.93. The van der Waals surface area contributed by atoms with Crippen molar-refractivity contribution in [3.63, 3.8) is 0 Å². The van der Waals surface area contributed by atoms with Crippen LogP contribution >= 0.6 is 11.6 Å². The molecular weight excluding hydrogens is 286 g/mol. The summed E-state index contributed by atoms with van der Waals surface area (Å²) in [5.41, 5.74) is 1.25. The zero-order valence-electron chi connectivity index (χ0n) is 12.2. The Bertz CT molecular complexity index is 567. The monoisotopic (exact) mass is 305 g/mol. The summed E-state index contributed by atoms with van der Waals surface area (Å²) in [5.74, 6) is -0.530. The molecule has 0 bridgehead atoms. The van der Waals surface area contributed by atoms with Crippen molar-refractivity contribution < 1.29 is 9.47 Å². The van der Waals surface area contributed by atoms with E-state index < -0.39 is 5.79 Å². The number of aromatic nitrogens is 1. The van der Waals surface area contributed by atoms with E-state index in [2.05, 4.69) is 23.6 Å². The van der Waals surface area contributed by atoms with E-state index >= 15 is 0 Å². The molecule has 0 saturated carbocycles. The van der Waals surface area contributed by atoms with Gasteiger partial charge in [-0.2, -0.15) is 0 Å². The number of benzene rings is 1. The highest BCUT2D eigenvalue weighted by Crippen LogP contribution is 2.30. The van der Waals surface area contributed by atoms with Crippen molar-refractivity contribution >= 4 is 11.6 Å². The van der Waals surface area contributed by atoms with Gasteiger partial charge < -0.3 is 14.0 Å². The van der Waals surface area contributed by atoms with Gasteiger partial charge >= 0.3 is 0 Å². The topological polar surface area (TPSA) is 23.4 Å². The Labute approximate surface area is 130 Å². The van der Waals surface area contributed by atoms with E-state index in [1.807, 2.05) is 36.7 Å². The second-order valence-electron chi connectivity index (χ2n) is 5.63. The Hall–Kier alpha value is -1.29. The third kappa shape index (κ3) is 3.67.